The van der Waals surface area contributed by atoms with E-state index in [1.165, 1.54) is 38.5 Å². The first-order valence-corrected chi connectivity index (χ1v) is 9.80. The van der Waals surface area contributed by atoms with Crippen molar-refractivity contribution in [2.75, 3.05) is 19.7 Å². The Morgan fingerprint density at radius 3 is 2.52 bits per heavy atom. The normalized spacial score (nSPS) is 13.7. The summed E-state index contributed by atoms with van der Waals surface area (Å²) in [7, 11) is -0.351. The number of nitrogens with zero attached hydrogens (tertiary/aromatic N) is 1. The lowest BCUT2D eigenvalue weighted by molar-refractivity contribution is 0.181. The zero-order valence-corrected chi connectivity index (χ0v) is 15.8. The van der Waals surface area contributed by atoms with Crippen molar-refractivity contribution < 1.29 is 9.31 Å². The van der Waals surface area contributed by atoms with E-state index in [4.69, 9.17) is 9.31 Å². The van der Waals surface area contributed by atoms with Crippen LogP contribution < -0.4 is 5.46 Å². The van der Waals surface area contributed by atoms with Crippen LogP contribution in [0.2, 0.25) is 0 Å². The van der Waals surface area contributed by atoms with Crippen LogP contribution >= 0.6 is 0 Å². The van der Waals surface area contributed by atoms with Crippen molar-refractivity contribution in [3.63, 3.8) is 0 Å². The lowest BCUT2D eigenvalue weighted by Crippen LogP contribution is -2.40. The van der Waals surface area contributed by atoms with Crippen LogP contribution in [0.25, 0.3) is 0 Å². The smallest absolute Gasteiger partial charge is 0.520 e. The molecule has 1 aliphatic heterocycles. The van der Waals surface area contributed by atoms with Crippen molar-refractivity contribution in [1.29, 1.82) is 0 Å². The minimum atomic E-state index is -0.351. The molecule has 136 valence electrons. The van der Waals surface area contributed by atoms with Gasteiger partial charge in [0.25, 0.3) is 0 Å². The fraction of sp³-hybridized carbons (Fsp3) is 0.524. The minimum Gasteiger partial charge on any atom is -0.520 e. The maximum atomic E-state index is 6.24. The molecule has 1 aromatic rings. The summed E-state index contributed by atoms with van der Waals surface area (Å²) >= 11 is 0. The van der Waals surface area contributed by atoms with Gasteiger partial charge in [0.15, 0.2) is 5.88 Å². The Morgan fingerprint density at radius 2 is 1.76 bits per heavy atom. The Hall–Kier alpha value is -1.68. The van der Waals surface area contributed by atoms with Crippen molar-refractivity contribution in [2.24, 2.45) is 0 Å². The molecule has 1 aliphatic rings. The van der Waals surface area contributed by atoms with Gasteiger partial charge in [-0.05, 0) is 24.9 Å². The van der Waals surface area contributed by atoms with Crippen molar-refractivity contribution in [3.05, 3.63) is 54.4 Å². The van der Waals surface area contributed by atoms with Crippen molar-refractivity contribution in [1.82, 2.24) is 4.90 Å². The van der Waals surface area contributed by atoms with Gasteiger partial charge in [-0.15, -0.1) is 0 Å². The summed E-state index contributed by atoms with van der Waals surface area (Å²) in [5, 5.41) is 0. The number of rotatable bonds is 12. The lowest BCUT2D eigenvalue weighted by Gasteiger charge is -2.30. The van der Waals surface area contributed by atoms with E-state index >= 15 is 0 Å². The highest BCUT2D eigenvalue weighted by Crippen LogP contribution is 2.15. The summed E-state index contributed by atoms with van der Waals surface area (Å²) in [5.74, 6) is 0.915. The molecule has 0 radical (unpaired) electrons. The van der Waals surface area contributed by atoms with Crippen LogP contribution in [0, 0.1) is 0 Å². The molecule has 0 saturated carbocycles. The molecule has 25 heavy (non-hydrogen) atoms. The van der Waals surface area contributed by atoms with Gasteiger partial charge in [0, 0.05) is 19.7 Å². The molecule has 0 amide bonds. The van der Waals surface area contributed by atoms with E-state index < -0.39 is 0 Å². The molecule has 0 spiro atoms. The zero-order valence-electron chi connectivity index (χ0n) is 15.8. The fourth-order valence-electron chi connectivity index (χ4n) is 3.00. The Balaban J connectivity index is 1.88. The van der Waals surface area contributed by atoms with Crippen LogP contribution in [0.4, 0.5) is 0 Å². The van der Waals surface area contributed by atoms with Crippen LogP contribution in [-0.2, 0) is 9.31 Å². The molecule has 4 heteroatoms. The van der Waals surface area contributed by atoms with Gasteiger partial charge in [0.1, 0.15) is 0 Å². The number of allylic oxidation sites excluding steroid dienone is 2. The molecule has 0 N–H and O–H groups in total. The van der Waals surface area contributed by atoms with E-state index in [0.717, 1.165) is 24.4 Å². The highest BCUT2D eigenvalue weighted by Gasteiger charge is 2.26. The van der Waals surface area contributed by atoms with Crippen LogP contribution in [0.1, 0.15) is 52.4 Å². The van der Waals surface area contributed by atoms with Crippen LogP contribution in [0.3, 0.4) is 0 Å². The van der Waals surface area contributed by atoms with E-state index in [9.17, 15) is 0 Å². The fourth-order valence-corrected chi connectivity index (χ4v) is 3.00. The van der Waals surface area contributed by atoms with Gasteiger partial charge in [0.2, 0.25) is 0 Å². The average molecular weight is 341 g/mol. The topological polar surface area (TPSA) is 21.7 Å². The molecule has 0 bridgehead atoms. The molecule has 0 atom stereocenters. The van der Waals surface area contributed by atoms with Crippen LogP contribution in [0.15, 0.2) is 54.4 Å². The van der Waals surface area contributed by atoms with Gasteiger partial charge in [-0.2, -0.15) is 0 Å². The molecule has 0 unspecified atom stereocenters. The molecule has 3 nitrogen and oxygen atoms in total. The maximum Gasteiger partial charge on any atom is 0.563 e. The number of unbranched alkanes of at least 4 members (excludes halogenated alkanes) is 5. The third-order valence-corrected chi connectivity index (χ3v) is 4.41. The quantitative estimate of drug-likeness (QED) is 0.412. The predicted molar refractivity (Wildman–Crippen MR) is 107 cm³/mol. The molecule has 0 fully saturated rings. The third kappa shape index (κ3) is 6.99. The SMILES string of the molecule is CCCCCCCCN1CC=CC=C1OB(OCC)c1ccccc1. The van der Waals surface area contributed by atoms with Gasteiger partial charge in [-0.3, -0.25) is 0 Å². The number of benzene rings is 1. The zero-order chi connectivity index (χ0) is 17.7. The predicted octanol–water partition coefficient (Wildman–Crippen LogP) is 4.51. The summed E-state index contributed by atoms with van der Waals surface area (Å²) < 4.78 is 12.1. The Morgan fingerprint density at radius 1 is 1.00 bits per heavy atom. The molecule has 0 aromatic heterocycles. The molecular formula is C21H32BNO2. The van der Waals surface area contributed by atoms with Gasteiger partial charge >= 0.3 is 7.12 Å². The second-order valence-corrected chi connectivity index (χ2v) is 6.46. The molecule has 1 heterocycles. The van der Waals surface area contributed by atoms with Gasteiger partial charge < -0.3 is 14.2 Å². The molecular weight excluding hydrogens is 309 g/mol. The lowest BCUT2D eigenvalue weighted by atomic mass is 9.79. The summed E-state index contributed by atoms with van der Waals surface area (Å²) in [5.41, 5.74) is 1.05. The Kier molecular flexibility index (Phi) is 9.28. The monoisotopic (exact) mass is 341 g/mol. The Labute approximate surface area is 153 Å². The Bertz CT molecular complexity index is 530. The standard InChI is InChI=1S/C21H32BNO2/c1-3-5-6-7-8-13-18-23-19-14-12-17-21(23)25-22(24-4-2)20-15-10-9-11-16-20/h9-12,14-17H,3-8,13,18-19H2,1-2H3. The van der Waals surface area contributed by atoms with Gasteiger partial charge in [0.05, 0.1) is 0 Å². The van der Waals surface area contributed by atoms with E-state index in [2.05, 4.69) is 42.2 Å². The first kappa shape index (κ1) is 19.6. The second-order valence-electron chi connectivity index (χ2n) is 6.46. The maximum absolute atomic E-state index is 6.24. The van der Waals surface area contributed by atoms with Crippen molar-refractivity contribution in [2.45, 2.75) is 52.4 Å². The summed E-state index contributed by atoms with van der Waals surface area (Å²) in [4.78, 5) is 2.31. The second kappa shape index (κ2) is 11.8. The van der Waals surface area contributed by atoms with Crippen LogP contribution in [-0.4, -0.2) is 31.7 Å². The molecule has 1 aromatic carbocycles. The first-order chi connectivity index (χ1) is 12.3. The van der Waals surface area contributed by atoms with Gasteiger partial charge in [-0.25, -0.2) is 0 Å². The highest BCUT2D eigenvalue weighted by molar-refractivity contribution is 6.61. The summed E-state index contributed by atoms with van der Waals surface area (Å²) in [6.07, 6.45) is 14.2. The average Bonchev–Trinajstić information content (AvgIpc) is 2.66. The number of hydrogen-bond donors (Lipinski definition) is 0. The molecule has 2 rings (SSSR count). The van der Waals surface area contributed by atoms with E-state index in [0.29, 0.717) is 6.61 Å². The summed E-state index contributed by atoms with van der Waals surface area (Å²) in [6, 6.07) is 10.2. The third-order valence-electron chi connectivity index (χ3n) is 4.41. The van der Waals surface area contributed by atoms with Crippen molar-refractivity contribution in [3.8, 4) is 0 Å². The highest BCUT2D eigenvalue weighted by atomic mass is 16.6. The number of hydrogen-bond acceptors (Lipinski definition) is 3. The molecule has 0 aliphatic carbocycles. The molecule has 0 saturated heterocycles. The van der Waals surface area contributed by atoms with E-state index in [1.54, 1.807) is 0 Å². The minimum absolute atomic E-state index is 0.351. The van der Waals surface area contributed by atoms with E-state index in [1.807, 2.05) is 25.1 Å². The van der Waals surface area contributed by atoms with Gasteiger partial charge in [-0.1, -0.05) is 81.5 Å². The van der Waals surface area contributed by atoms with Crippen LogP contribution in [0.5, 0.6) is 0 Å². The largest absolute Gasteiger partial charge is 0.563 e. The van der Waals surface area contributed by atoms with Crippen molar-refractivity contribution >= 4 is 12.6 Å². The van der Waals surface area contributed by atoms with E-state index in [-0.39, 0.29) is 7.12 Å². The first-order valence-electron chi connectivity index (χ1n) is 9.80. The summed E-state index contributed by atoms with van der Waals surface area (Å²) in [6.45, 7) is 6.84.